The maximum absolute atomic E-state index is 10.8. The molecule has 0 aromatic rings. The van der Waals surface area contributed by atoms with Crippen molar-refractivity contribution in [3.8, 4) is 6.07 Å². The zero-order valence-corrected chi connectivity index (χ0v) is 18.0. The van der Waals surface area contributed by atoms with Crippen LogP contribution in [0.1, 0.15) is 0 Å². The number of ether oxygens (including phenoxy) is 5. The second kappa shape index (κ2) is 18.8. The minimum atomic E-state index is -0.468. The van der Waals surface area contributed by atoms with Crippen LogP contribution < -0.4 is 0 Å². The van der Waals surface area contributed by atoms with Crippen molar-refractivity contribution < 1.29 is 28.5 Å². The lowest BCUT2D eigenvalue weighted by atomic mass is 10.1. The predicted octanol–water partition coefficient (Wildman–Crippen LogP) is 3.60. The van der Waals surface area contributed by atoms with Gasteiger partial charge >= 0.3 is 5.97 Å². The van der Waals surface area contributed by atoms with Crippen LogP contribution in [0.5, 0.6) is 0 Å². The van der Waals surface area contributed by atoms with E-state index in [1.54, 1.807) is 24.3 Å². The number of hydrogen-bond acceptors (Lipinski definition) is 7. The van der Waals surface area contributed by atoms with Gasteiger partial charge in [0.25, 0.3) is 0 Å². The van der Waals surface area contributed by atoms with Crippen LogP contribution in [-0.2, 0) is 28.5 Å². The molecule has 0 saturated heterocycles. The number of nitriles is 1. The van der Waals surface area contributed by atoms with Gasteiger partial charge in [0.15, 0.2) is 0 Å². The van der Waals surface area contributed by atoms with Gasteiger partial charge in [-0.15, -0.1) is 0 Å². The summed E-state index contributed by atoms with van der Waals surface area (Å²) >= 11 is 0. The minimum absolute atomic E-state index is 0.187. The molecule has 0 aliphatic rings. The molecule has 0 N–H and O–H groups in total. The molecule has 0 aliphatic heterocycles. The Balaban J connectivity index is 3.63. The average molecular weight is 430 g/mol. The maximum Gasteiger partial charge on any atom is 0.330 e. The zero-order valence-electron chi connectivity index (χ0n) is 18.0. The van der Waals surface area contributed by atoms with E-state index in [2.05, 4.69) is 32.9 Å². The first-order chi connectivity index (χ1) is 14.9. The molecule has 0 spiro atoms. The van der Waals surface area contributed by atoms with Crippen LogP contribution in [0.2, 0.25) is 0 Å². The van der Waals surface area contributed by atoms with Crippen LogP contribution in [0.25, 0.3) is 0 Å². The van der Waals surface area contributed by atoms with Gasteiger partial charge in [0.05, 0.1) is 45.7 Å². The van der Waals surface area contributed by atoms with Crippen LogP contribution in [0, 0.1) is 11.3 Å². The number of hydrogen-bond donors (Lipinski definition) is 0. The molecule has 0 atom stereocenters. The van der Waals surface area contributed by atoms with E-state index < -0.39 is 5.97 Å². The largest absolute Gasteiger partial charge is 0.492 e. The Hall–Kier alpha value is -3.18. The molecule has 7 heteroatoms. The molecule has 0 saturated carbocycles. The highest BCUT2D eigenvalue weighted by Crippen LogP contribution is 2.11. The van der Waals surface area contributed by atoms with Gasteiger partial charge in [-0.3, -0.25) is 0 Å². The summed E-state index contributed by atoms with van der Waals surface area (Å²) in [4.78, 5) is 10.8. The predicted molar refractivity (Wildman–Crippen MR) is 120 cm³/mol. The molecule has 0 unspecified atom stereocenters. The first-order valence-corrected chi connectivity index (χ1v) is 9.58. The highest BCUT2D eigenvalue weighted by atomic mass is 16.6. The SMILES string of the molecule is C=CC(=O)OCCOCCOCCOCCOC(=C)/C=C\C(=C)C(=C)/C=C\C(=C)C#N. The Morgan fingerprint density at radius 2 is 1.16 bits per heavy atom. The van der Waals surface area contributed by atoms with E-state index in [0.29, 0.717) is 68.7 Å². The second-order valence-electron chi connectivity index (χ2n) is 5.88. The number of carbonyl (C=O) groups is 1. The van der Waals surface area contributed by atoms with Gasteiger partial charge < -0.3 is 23.7 Å². The van der Waals surface area contributed by atoms with E-state index >= 15 is 0 Å². The van der Waals surface area contributed by atoms with E-state index in [0.717, 1.165) is 6.08 Å². The third-order valence-corrected chi connectivity index (χ3v) is 3.41. The first kappa shape index (κ1) is 27.8. The Labute approximate surface area is 184 Å². The lowest BCUT2D eigenvalue weighted by Crippen LogP contribution is -2.13. The average Bonchev–Trinajstić information content (AvgIpc) is 2.78. The van der Waals surface area contributed by atoms with Crippen molar-refractivity contribution in [2.24, 2.45) is 0 Å². The van der Waals surface area contributed by atoms with Crippen molar-refractivity contribution in [1.29, 1.82) is 5.26 Å². The topological polar surface area (TPSA) is 87.0 Å². The van der Waals surface area contributed by atoms with Crippen molar-refractivity contribution in [2.75, 3.05) is 52.9 Å². The van der Waals surface area contributed by atoms with E-state index in [1.807, 2.05) is 6.07 Å². The summed E-state index contributed by atoms with van der Waals surface area (Å²) in [6.07, 6.45) is 7.76. The van der Waals surface area contributed by atoms with Crippen LogP contribution >= 0.6 is 0 Å². The number of allylic oxidation sites excluding steroid dienone is 7. The zero-order chi connectivity index (χ0) is 23.3. The lowest BCUT2D eigenvalue weighted by molar-refractivity contribution is -0.139. The fraction of sp³-hybridized carbons (Fsp3) is 0.333. The van der Waals surface area contributed by atoms with Gasteiger partial charge in [-0.25, -0.2) is 4.79 Å². The highest BCUT2D eigenvalue weighted by Gasteiger charge is 1.97. The van der Waals surface area contributed by atoms with Crippen molar-refractivity contribution in [3.05, 3.63) is 85.8 Å². The molecule has 0 rings (SSSR count). The molecular weight excluding hydrogens is 398 g/mol. The quantitative estimate of drug-likeness (QED) is 0.0774. The number of carbonyl (C=O) groups excluding carboxylic acids is 1. The Kier molecular flexibility index (Phi) is 16.9. The standard InChI is InChI=1S/C24H31NO6/c1-6-24(26)31-18-16-29-14-12-27-11-13-28-15-17-30-23(5)10-9-22(4)21(3)8-7-20(2)19-25/h6-10H,1-5,11-18H2/b8-7-,10-9-. The molecule has 0 radical (unpaired) electrons. The lowest BCUT2D eigenvalue weighted by Gasteiger charge is -2.08. The molecule has 168 valence electrons. The first-order valence-electron chi connectivity index (χ1n) is 9.58. The summed E-state index contributed by atoms with van der Waals surface area (Å²) < 4.78 is 26.2. The number of nitrogens with zero attached hydrogens (tertiary/aromatic N) is 1. The van der Waals surface area contributed by atoms with Gasteiger partial charge in [-0.1, -0.05) is 45.0 Å². The summed E-state index contributed by atoms with van der Waals surface area (Å²) in [6.45, 7) is 21.3. The third-order valence-electron chi connectivity index (χ3n) is 3.41. The van der Waals surface area contributed by atoms with E-state index in [4.69, 9.17) is 28.9 Å². The molecule has 0 aromatic heterocycles. The minimum Gasteiger partial charge on any atom is -0.492 e. The van der Waals surface area contributed by atoms with Gasteiger partial charge in [0, 0.05) is 11.6 Å². The van der Waals surface area contributed by atoms with Crippen LogP contribution in [0.15, 0.2) is 85.8 Å². The Morgan fingerprint density at radius 1 is 0.710 bits per heavy atom. The fourth-order valence-electron chi connectivity index (χ4n) is 1.73. The molecule has 0 aromatic carbocycles. The Morgan fingerprint density at radius 3 is 1.65 bits per heavy atom. The normalized spacial score (nSPS) is 10.5. The van der Waals surface area contributed by atoms with Crippen LogP contribution in [0.4, 0.5) is 0 Å². The molecule has 31 heavy (non-hydrogen) atoms. The molecule has 0 aliphatic carbocycles. The van der Waals surface area contributed by atoms with Crippen molar-refractivity contribution >= 4 is 5.97 Å². The van der Waals surface area contributed by atoms with Crippen molar-refractivity contribution in [2.45, 2.75) is 0 Å². The van der Waals surface area contributed by atoms with Gasteiger partial charge in [-0.05, 0) is 23.3 Å². The third kappa shape index (κ3) is 17.4. The monoisotopic (exact) mass is 429 g/mol. The van der Waals surface area contributed by atoms with E-state index in [-0.39, 0.29) is 6.61 Å². The summed E-state index contributed by atoms with van der Waals surface area (Å²) in [5, 5.41) is 8.66. The highest BCUT2D eigenvalue weighted by molar-refractivity contribution is 5.81. The van der Waals surface area contributed by atoms with Crippen molar-refractivity contribution in [3.63, 3.8) is 0 Å². The van der Waals surface area contributed by atoms with Crippen molar-refractivity contribution in [1.82, 2.24) is 0 Å². The summed E-state index contributed by atoms with van der Waals surface area (Å²) in [5.74, 6) is -0.000315. The van der Waals surface area contributed by atoms with E-state index in [1.165, 1.54) is 0 Å². The van der Waals surface area contributed by atoms with E-state index in [9.17, 15) is 4.79 Å². The number of rotatable bonds is 19. The molecule has 0 amide bonds. The van der Waals surface area contributed by atoms with Gasteiger partial charge in [0.1, 0.15) is 19.0 Å². The number of esters is 1. The summed E-state index contributed by atoms with van der Waals surface area (Å²) in [7, 11) is 0. The van der Waals surface area contributed by atoms with Gasteiger partial charge in [-0.2, -0.15) is 5.26 Å². The van der Waals surface area contributed by atoms with Crippen LogP contribution in [0.3, 0.4) is 0 Å². The fourth-order valence-corrected chi connectivity index (χ4v) is 1.73. The van der Waals surface area contributed by atoms with Crippen LogP contribution in [-0.4, -0.2) is 58.8 Å². The maximum atomic E-state index is 10.8. The smallest absolute Gasteiger partial charge is 0.330 e. The molecule has 0 bridgehead atoms. The molecule has 0 heterocycles. The molecular formula is C24H31NO6. The second-order valence-corrected chi connectivity index (χ2v) is 5.88. The Bertz CT molecular complexity index is 727. The summed E-state index contributed by atoms with van der Waals surface area (Å²) in [6, 6.07) is 1.93. The van der Waals surface area contributed by atoms with Gasteiger partial charge in [0.2, 0.25) is 0 Å². The molecule has 0 fully saturated rings. The molecule has 7 nitrogen and oxygen atoms in total. The summed E-state index contributed by atoms with van der Waals surface area (Å²) in [5.41, 5.74) is 1.67.